The Hall–Kier alpha value is -0.570. The van der Waals surface area contributed by atoms with Crippen LogP contribution >= 0.6 is 12.6 Å². The van der Waals surface area contributed by atoms with Gasteiger partial charge in [-0.1, -0.05) is 6.08 Å². The lowest BCUT2D eigenvalue weighted by Crippen LogP contribution is -2.17. The van der Waals surface area contributed by atoms with Crippen LogP contribution in [0.1, 0.15) is 32.6 Å². The predicted octanol–water partition coefficient (Wildman–Crippen LogP) is 2.62. The molecule has 13 heavy (non-hydrogen) atoms. The van der Waals surface area contributed by atoms with Gasteiger partial charge >= 0.3 is 0 Å². The molecule has 2 rings (SSSR count). The lowest BCUT2D eigenvalue weighted by molar-refractivity contribution is 0.729. The average Bonchev–Trinajstić information content (AvgIpc) is 2.21. The van der Waals surface area contributed by atoms with Gasteiger partial charge in [0.15, 0.2) is 0 Å². The van der Waals surface area contributed by atoms with E-state index >= 15 is 0 Å². The van der Waals surface area contributed by atoms with E-state index in [1.54, 1.807) is 6.21 Å². The van der Waals surface area contributed by atoms with Crippen molar-refractivity contribution in [1.29, 1.82) is 0 Å². The fourth-order valence-electron chi connectivity index (χ4n) is 1.79. The van der Waals surface area contributed by atoms with Crippen LogP contribution in [0.5, 0.6) is 0 Å². The number of rotatable bonds is 0. The number of hydrogen-bond donors (Lipinski definition) is 1. The summed E-state index contributed by atoms with van der Waals surface area (Å²) in [5.74, 6) is 0. The first-order chi connectivity index (χ1) is 6.17. The van der Waals surface area contributed by atoms with Crippen LogP contribution in [-0.4, -0.2) is 16.7 Å². The first kappa shape index (κ1) is 9.00. The van der Waals surface area contributed by atoms with E-state index in [9.17, 15) is 0 Å². The third-order valence-corrected chi connectivity index (χ3v) is 2.69. The van der Waals surface area contributed by atoms with Gasteiger partial charge in [-0.2, -0.15) is 22.8 Å². The molecule has 0 N–H and O–H groups in total. The summed E-state index contributed by atoms with van der Waals surface area (Å²) in [6, 6.07) is 0. The molecule has 1 saturated carbocycles. The molecule has 1 aliphatic carbocycles. The molecule has 0 aromatic heterocycles. The minimum Gasteiger partial charge on any atom is -0.163 e. The summed E-state index contributed by atoms with van der Waals surface area (Å²) in [5.41, 5.74) is 2.52. The Labute approximate surface area is 84.2 Å². The normalized spacial score (nSPS) is 33.1. The minimum atomic E-state index is -0.224. The second-order valence-corrected chi connectivity index (χ2v) is 4.86. The van der Waals surface area contributed by atoms with Gasteiger partial charge in [0.05, 0.1) is 10.5 Å². The van der Waals surface area contributed by atoms with E-state index in [0.717, 1.165) is 12.8 Å². The fourth-order valence-corrected chi connectivity index (χ4v) is 2.00. The van der Waals surface area contributed by atoms with Gasteiger partial charge in [-0.25, -0.2) is 0 Å². The molecule has 1 atom stereocenters. The molecule has 70 valence electrons. The van der Waals surface area contributed by atoms with E-state index in [0.29, 0.717) is 0 Å². The van der Waals surface area contributed by atoms with E-state index in [1.165, 1.54) is 24.1 Å². The molecular formula is C10H14N2S. The largest absolute Gasteiger partial charge is 0.163 e. The van der Waals surface area contributed by atoms with Crippen molar-refractivity contribution >= 4 is 24.6 Å². The highest BCUT2D eigenvalue weighted by atomic mass is 32.1. The van der Waals surface area contributed by atoms with Gasteiger partial charge in [0, 0.05) is 6.21 Å². The predicted molar refractivity (Wildman–Crippen MR) is 59.9 cm³/mol. The Morgan fingerprint density at radius 2 is 2.15 bits per heavy atom. The van der Waals surface area contributed by atoms with Crippen LogP contribution in [0.25, 0.3) is 0 Å². The number of nitrogens with zero attached hydrogens (tertiary/aromatic N) is 2. The van der Waals surface area contributed by atoms with Crippen LogP contribution in [0.2, 0.25) is 0 Å². The van der Waals surface area contributed by atoms with Crippen molar-refractivity contribution in [2.45, 2.75) is 37.4 Å². The van der Waals surface area contributed by atoms with Crippen molar-refractivity contribution in [3.05, 3.63) is 11.6 Å². The molecule has 1 aliphatic heterocycles. The average molecular weight is 194 g/mol. The van der Waals surface area contributed by atoms with Gasteiger partial charge < -0.3 is 0 Å². The molecule has 1 unspecified atom stereocenters. The molecule has 0 bridgehead atoms. The van der Waals surface area contributed by atoms with Crippen LogP contribution in [0.3, 0.4) is 0 Å². The van der Waals surface area contributed by atoms with Gasteiger partial charge in [0.2, 0.25) is 0 Å². The summed E-state index contributed by atoms with van der Waals surface area (Å²) in [5, 5.41) is 8.25. The van der Waals surface area contributed by atoms with Crippen molar-refractivity contribution in [2.75, 3.05) is 0 Å². The summed E-state index contributed by atoms with van der Waals surface area (Å²) in [4.78, 5) is 0. The van der Waals surface area contributed by atoms with E-state index < -0.39 is 0 Å². The second-order valence-electron chi connectivity index (χ2n) is 3.89. The summed E-state index contributed by atoms with van der Waals surface area (Å²) >= 11 is 4.50. The topological polar surface area (TPSA) is 24.7 Å². The Morgan fingerprint density at radius 1 is 1.38 bits per heavy atom. The lowest BCUT2D eigenvalue weighted by Gasteiger charge is -2.18. The van der Waals surface area contributed by atoms with Crippen LogP contribution in [0.4, 0.5) is 0 Å². The molecule has 3 heteroatoms. The van der Waals surface area contributed by atoms with Crippen molar-refractivity contribution in [2.24, 2.45) is 10.2 Å². The molecule has 1 fully saturated rings. The van der Waals surface area contributed by atoms with Crippen molar-refractivity contribution < 1.29 is 0 Å². The smallest absolute Gasteiger partial charge is 0.0659 e. The van der Waals surface area contributed by atoms with Crippen molar-refractivity contribution in [3.63, 3.8) is 0 Å². The van der Waals surface area contributed by atoms with Crippen LogP contribution in [0.15, 0.2) is 21.9 Å². The summed E-state index contributed by atoms with van der Waals surface area (Å²) in [7, 11) is 0. The molecule has 0 amide bonds. The standard InChI is InChI=1S/C10H14N2S/c1-10(13)6-8-4-2-3-5-9(8)12-11-7-10/h6-7,13H,2-5H2,1H3. The summed E-state index contributed by atoms with van der Waals surface area (Å²) in [6.45, 7) is 2.04. The maximum Gasteiger partial charge on any atom is 0.0659 e. The third-order valence-electron chi connectivity index (χ3n) is 2.44. The van der Waals surface area contributed by atoms with E-state index in [4.69, 9.17) is 0 Å². The molecule has 0 radical (unpaired) electrons. The second kappa shape index (κ2) is 3.29. The van der Waals surface area contributed by atoms with Crippen LogP contribution in [0, 0.1) is 0 Å². The maximum absolute atomic E-state index is 4.50. The molecule has 0 aromatic carbocycles. The fraction of sp³-hybridized carbons (Fsp3) is 0.600. The Balaban J connectivity index is 2.34. The van der Waals surface area contributed by atoms with Crippen LogP contribution < -0.4 is 0 Å². The molecule has 1 heterocycles. The zero-order valence-electron chi connectivity index (χ0n) is 7.82. The first-order valence-corrected chi connectivity index (χ1v) is 5.18. The Morgan fingerprint density at radius 3 is 3.00 bits per heavy atom. The first-order valence-electron chi connectivity index (χ1n) is 4.73. The van der Waals surface area contributed by atoms with Crippen molar-refractivity contribution in [1.82, 2.24) is 0 Å². The maximum atomic E-state index is 4.50. The van der Waals surface area contributed by atoms with E-state index in [-0.39, 0.29) is 4.75 Å². The molecular weight excluding hydrogens is 180 g/mol. The Kier molecular flexibility index (Phi) is 2.28. The number of thiol groups is 1. The number of fused-ring (bicyclic) bond motifs is 1. The molecule has 0 aromatic rings. The van der Waals surface area contributed by atoms with Gasteiger partial charge in [-0.05, 0) is 38.2 Å². The Bertz CT molecular complexity index is 300. The van der Waals surface area contributed by atoms with Crippen molar-refractivity contribution in [3.8, 4) is 0 Å². The van der Waals surface area contributed by atoms with Gasteiger partial charge in [-0.3, -0.25) is 0 Å². The van der Waals surface area contributed by atoms with Gasteiger partial charge in [0.25, 0.3) is 0 Å². The highest BCUT2D eigenvalue weighted by molar-refractivity contribution is 7.82. The molecule has 2 nitrogen and oxygen atoms in total. The van der Waals surface area contributed by atoms with Gasteiger partial charge in [-0.15, -0.1) is 0 Å². The highest BCUT2D eigenvalue weighted by Crippen LogP contribution is 2.27. The monoisotopic (exact) mass is 194 g/mol. The van der Waals surface area contributed by atoms with Gasteiger partial charge in [0.1, 0.15) is 0 Å². The molecule has 0 spiro atoms. The highest BCUT2D eigenvalue weighted by Gasteiger charge is 2.21. The number of hydrogen-bond acceptors (Lipinski definition) is 3. The molecule has 0 saturated heterocycles. The lowest BCUT2D eigenvalue weighted by atomic mass is 9.90. The zero-order valence-corrected chi connectivity index (χ0v) is 8.72. The third kappa shape index (κ3) is 2.02. The minimum absolute atomic E-state index is 0.224. The van der Waals surface area contributed by atoms with Crippen LogP contribution in [-0.2, 0) is 0 Å². The van der Waals surface area contributed by atoms with E-state index in [1.807, 2.05) is 6.92 Å². The number of allylic oxidation sites excluding steroid dienone is 1. The van der Waals surface area contributed by atoms with E-state index in [2.05, 4.69) is 28.9 Å². The molecule has 2 aliphatic rings. The summed E-state index contributed by atoms with van der Waals surface area (Å²) < 4.78 is -0.224. The summed E-state index contributed by atoms with van der Waals surface area (Å²) in [6.07, 6.45) is 8.72. The quantitative estimate of drug-likeness (QED) is 0.573. The SMILES string of the molecule is CC1(S)C=NN=C2CCCCC2=C1. The zero-order chi connectivity index (χ0) is 9.31.